The molecule has 0 aliphatic rings. The first kappa shape index (κ1) is 14.0. The normalized spacial score (nSPS) is 11.4. The Balaban J connectivity index is 2.72. The van der Waals surface area contributed by atoms with Crippen LogP contribution < -0.4 is 4.74 Å². The van der Waals surface area contributed by atoms with Gasteiger partial charge in [0.2, 0.25) is 5.91 Å². The molecule has 4 nitrogen and oxygen atoms in total. The van der Waals surface area contributed by atoms with Crippen molar-refractivity contribution in [3.8, 4) is 11.8 Å². The predicted octanol–water partition coefficient (Wildman–Crippen LogP) is 2.20. The topological polar surface area (TPSA) is 53.3 Å². The molecule has 0 bridgehead atoms. The average Bonchev–Trinajstić information content (AvgIpc) is 2.40. The van der Waals surface area contributed by atoms with E-state index in [2.05, 4.69) is 0 Å². The average molecular weight is 246 g/mol. The fraction of sp³-hybridized carbons (Fsp3) is 0.429. The lowest BCUT2D eigenvalue weighted by atomic mass is 10.1. The van der Waals surface area contributed by atoms with Gasteiger partial charge in [0.1, 0.15) is 11.7 Å². The molecule has 0 aliphatic heterocycles. The first-order chi connectivity index (χ1) is 8.62. The van der Waals surface area contributed by atoms with E-state index in [4.69, 9.17) is 10.00 Å². The van der Waals surface area contributed by atoms with E-state index in [0.29, 0.717) is 13.0 Å². The highest BCUT2D eigenvalue weighted by Gasteiger charge is 2.19. The molecule has 96 valence electrons. The van der Waals surface area contributed by atoms with Crippen LogP contribution in [0.15, 0.2) is 24.3 Å². The molecule has 1 aromatic carbocycles. The van der Waals surface area contributed by atoms with E-state index in [9.17, 15) is 4.79 Å². The number of nitriles is 1. The first-order valence-electron chi connectivity index (χ1n) is 5.89. The largest absolute Gasteiger partial charge is 0.497 e. The zero-order valence-electron chi connectivity index (χ0n) is 11.0. The van der Waals surface area contributed by atoms with E-state index >= 15 is 0 Å². The van der Waals surface area contributed by atoms with E-state index in [-0.39, 0.29) is 5.91 Å². The summed E-state index contributed by atoms with van der Waals surface area (Å²) in [4.78, 5) is 13.5. The third kappa shape index (κ3) is 3.49. The summed E-state index contributed by atoms with van der Waals surface area (Å²) in [7, 11) is 3.32. The van der Waals surface area contributed by atoms with Gasteiger partial charge in [-0.2, -0.15) is 5.26 Å². The summed E-state index contributed by atoms with van der Waals surface area (Å²) in [5.74, 6) is 0.0732. The second-order valence-corrected chi connectivity index (χ2v) is 4.14. The van der Waals surface area contributed by atoms with Crippen LogP contribution in [0, 0.1) is 17.2 Å². The number of hydrogen-bond acceptors (Lipinski definition) is 3. The molecular formula is C14H18N2O2. The summed E-state index contributed by atoms with van der Waals surface area (Å²) < 4.78 is 5.13. The fourth-order valence-electron chi connectivity index (χ4n) is 1.71. The van der Waals surface area contributed by atoms with Crippen molar-refractivity contribution in [2.45, 2.75) is 19.9 Å². The highest BCUT2D eigenvalue weighted by molar-refractivity contribution is 5.80. The van der Waals surface area contributed by atoms with Crippen molar-refractivity contribution in [1.82, 2.24) is 4.90 Å². The van der Waals surface area contributed by atoms with Crippen LogP contribution >= 0.6 is 0 Å². The minimum Gasteiger partial charge on any atom is -0.497 e. The van der Waals surface area contributed by atoms with Crippen LogP contribution in [0.1, 0.15) is 18.9 Å². The maximum atomic E-state index is 11.9. The van der Waals surface area contributed by atoms with Crippen molar-refractivity contribution in [1.29, 1.82) is 5.26 Å². The zero-order chi connectivity index (χ0) is 13.5. The van der Waals surface area contributed by atoms with Gasteiger partial charge in [-0.3, -0.25) is 4.79 Å². The summed E-state index contributed by atoms with van der Waals surface area (Å²) in [6, 6.07) is 9.58. The second kappa shape index (κ2) is 6.65. The van der Waals surface area contributed by atoms with Crippen molar-refractivity contribution >= 4 is 5.91 Å². The van der Waals surface area contributed by atoms with E-state index in [1.54, 1.807) is 19.1 Å². The first-order valence-corrected chi connectivity index (χ1v) is 5.89. The van der Waals surface area contributed by atoms with Gasteiger partial charge in [-0.1, -0.05) is 19.1 Å². The van der Waals surface area contributed by atoms with E-state index in [1.165, 1.54) is 0 Å². The summed E-state index contributed by atoms with van der Waals surface area (Å²) >= 11 is 0. The van der Waals surface area contributed by atoms with Gasteiger partial charge >= 0.3 is 0 Å². The zero-order valence-corrected chi connectivity index (χ0v) is 11.0. The number of amides is 1. The van der Waals surface area contributed by atoms with Gasteiger partial charge in [0.15, 0.2) is 0 Å². The van der Waals surface area contributed by atoms with Crippen LogP contribution in [0.25, 0.3) is 0 Å². The lowest BCUT2D eigenvalue weighted by Gasteiger charge is -2.19. The summed E-state index contributed by atoms with van der Waals surface area (Å²) in [5, 5.41) is 8.88. The molecule has 0 spiro atoms. The van der Waals surface area contributed by atoms with Crippen molar-refractivity contribution in [2.24, 2.45) is 5.92 Å². The Morgan fingerprint density at radius 1 is 1.56 bits per heavy atom. The van der Waals surface area contributed by atoms with Crippen molar-refractivity contribution in [2.75, 3.05) is 14.2 Å². The predicted molar refractivity (Wildman–Crippen MR) is 68.9 cm³/mol. The quantitative estimate of drug-likeness (QED) is 0.800. The van der Waals surface area contributed by atoms with Gasteiger partial charge in [0.05, 0.1) is 13.2 Å². The fourth-order valence-corrected chi connectivity index (χ4v) is 1.71. The number of rotatable bonds is 5. The number of carbonyl (C=O) groups excluding carboxylic acids is 1. The monoisotopic (exact) mass is 246 g/mol. The maximum Gasteiger partial charge on any atom is 0.239 e. The Morgan fingerprint density at radius 2 is 2.28 bits per heavy atom. The third-order valence-electron chi connectivity index (χ3n) is 2.79. The van der Waals surface area contributed by atoms with Gasteiger partial charge in [-0.15, -0.1) is 0 Å². The van der Waals surface area contributed by atoms with E-state index in [0.717, 1.165) is 11.3 Å². The van der Waals surface area contributed by atoms with Crippen molar-refractivity contribution < 1.29 is 9.53 Å². The molecule has 4 heteroatoms. The molecule has 1 aromatic rings. The highest BCUT2D eigenvalue weighted by atomic mass is 16.5. The Kier molecular flexibility index (Phi) is 5.19. The molecule has 1 rings (SSSR count). The van der Waals surface area contributed by atoms with Gasteiger partial charge in [0, 0.05) is 13.6 Å². The number of ether oxygens (including phenoxy) is 1. The highest BCUT2D eigenvalue weighted by Crippen LogP contribution is 2.15. The molecule has 18 heavy (non-hydrogen) atoms. The lowest BCUT2D eigenvalue weighted by Crippen LogP contribution is -2.31. The summed E-state index contributed by atoms with van der Waals surface area (Å²) in [6.45, 7) is 2.32. The van der Waals surface area contributed by atoms with Gasteiger partial charge in [-0.25, -0.2) is 0 Å². The van der Waals surface area contributed by atoms with Crippen LogP contribution in [0.4, 0.5) is 0 Å². The summed E-state index contributed by atoms with van der Waals surface area (Å²) in [6.07, 6.45) is 0.539. The Bertz CT molecular complexity index is 451. The standard InChI is InChI=1S/C14H18N2O2/c1-4-12(9-15)14(17)16(2)10-11-6-5-7-13(8-11)18-3/h5-8,12H,4,10H2,1-3H3. The Labute approximate surface area is 108 Å². The van der Waals surface area contributed by atoms with E-state index < -0.39 is 5.92 Å². The summed E-state index contributed by atoms with van der Waals surface area (Å²) in [5.41, 5.74) is 0.984. The van der Waals surface area contributed by atoms with Crippen molar-refractivity contribution in [3.05, 3.63) is 29.8 Å². The van der Waals surface area contributed by atoms with Gasteiger partial charge in [0.25, 0.3) is 0 Å². The second-order valence-electron chi connectivity index (χ2n) is 4.14. The Hall–Kier alpha value is -2.02. The minimum atomic E-state index is -0.555. The van der Waals surface area contributed by atoms with Crippen molar-refractivity contribution in [3.63, 3.8) is 0 Å². The molecule has 1 atom stereocenters. The van der Waals surface area contributed by atoms with Crippen LogP contribution in [-0.2, 0) is 11.3 Å². The maximum absolute atomic E-state index is 11.9. The van der Waals surface area contributed by atoms with Gasteiger partial charge in [-0.05, 0) is 24.1 Å². The molecule has 0 radical (unpaired) electrons. The number of carbonyl (C=O) groups is 1. The molecule has 1 amide bonds. The molecule has 0 saturated carbocycles. The smallest absolute Gasteiger partial charge is 0.239 e. The van der Waals surface area contributed by atoms with E-state index in [1.807, 2.05) is 37.3 Å². The molecule has 1 unspecified atom stereocenters. The SMILES string of the molecule is CCC(C#N)C(=O)N(C)Cc1cccc(OC)c1. The molecule has 0 N–H and O–H groups in total. The molecule has 0 aliphatic carbocycles. The van der Waals surface area contributed by atoms with Crippen LogP contribution in [0.2, 0.25) is 0 Å². The Morgan fingerprint density at radius 3 is 2.83 bits per heavy atom. The third-order valence-corrected chi connectivity index (χ3v) is 2.79. The minimum absolute atomic E-state index is 0.136. The number of hydrogen-bond donors (Lipinski definition) is 0. The molecule has 0 saturated heterocycles. The molecular weight excluding hydrogens is 228 g/mol. The molecule has 0 fully saturated rings. The molecule has 0 heterocycles. The van der Waals surface area contributed by atoms with Crippen LogP contribution in [0.5, 0.6) is 5.75 Å². The van der Waals surface area contributed by atoms with Gasteiger partial charge < -0.3 is 9.64 Å². The lowest BCUT2D eigenvalue weighted by molar-refractivity contribution is -0.133. The number of methoxy groups -OCH3 is 1. The molecule has 0 aromatic heterocycles. The van der Waals surface area contributed by atoms with Crippen LogP contribution in [0.3, 0.4) is 0 Å². The number of benzene rings is 1. The van der Waals surface area contributed by atoms with Crippen LogP contribution in [-0.4, -0.2) is 25.0 Å². The number of nitrogens with zero attached hydrogens (tertiary/aromatic N) is 2.